The monoisotopic (exact) mass is 682 g/mol. The Morgan fingerprint density at radius 1 is 0.432 bits per heavy atom. The molecule has 0 atom stereocenters. The van der Waals surface area contributed by atoms with Gasteiger partial charge in [0.1, 0.15) is 0 Å². The molecule has 0 fully saturated rings. The van der Waals surface area contributed by atoms with Crippen molar-refractivity contribution in [3.05, 3.63) is 193 Å². The molecule has 0 aliphatic heterocycles. The van der Waals surface area contributed by atoms with Gasteiger partial charge in [0, 0.05) is 0 Å². The van der Waals surface area contributed by atoms with E-state index in [4.69, 9.17) is 17.0 Å². The zero-order valence-corrected chi connectivity index (χ0v) is 28.0. The zero-order chi connectivity index (χ0) is 30.1. The molecule has 0 nitrogen and oxygen atoms in total. The second kappa shape index (κ2) is 14.7. The van der Waals surface area contributed by atoms with Gasteiger partial charge < -0.3 is 0 Å². The predicted molar refractivity (Wildman–Crippen MR) is 190 cm³/mol. The van der Waals surface area contributed by atoms with Crippen LogP contribution in [0.4, 0.5) is 0 Å². The topological polar surface area (TPSA) is 0 Å². The van der Waals surface area contributed by atoms with Crippen LogP contribution in [0.15, 0.2) is 182 Å². The summed E-state index contributed by atoms with van der Waals surface area (Å²) in [5.74, 6) is 0. The fourth-order valence-electron chi connectivity index (χ4n) is 5.45. The predicted octanol–water partition coefficient (Wildman–Crippen LogP) is 12.1. The Kier molecular flexibility index (Phi) is 10.1. The molecule has 0 aliphatic carbocycles. The number of halogens is 2. The van der Waals surface area contributed by atoms with Crippen molar-refractivity contribution in [3.8, 4) is 11.1 Å². The third kappa shape index (κ3) is 7.25. The molecule has 0 spiro atoms. The van der Waals surface area contributed by atoms with Crippen molar-refractivity contribution >= 4 is 52.5 Å². The molecule has 8 aromatic carbocycles. The molecule has 0 aromatic heterocycles. The second-order valence-electron chi connectivity index (χ2n) is 10.4. The van der Waals surface area contributed by atoms with Crippen molar-refractivity contribution in [3.63, 3.8) is 0 Å². The molecule has 8 rings (SSSR count). The minimum absolute atomic E-state index is 1.15. The van der Waals surface area contributed by atoms with Crippen molar-refractivity contribution in [2.45, 2.75) is 0 Å². The van der Waals surface area contributed by atoms with E-state index in [1.165, 1.54) is 43.4 Å². The summed E-state index contributed by atoms with van der Waals surface area (Å²) < 4.78 is 1.15. The van der Waals surface area contributed by atoms with Crippen LogP contribution in [-0.4, -0.2) is 3.21 Å². The number of hydrogen-bond donors (Lipinski definition) is 0. The molecule has 44 heavy (non-hydrogen) atoms. The van der Waals surface area contributed by atoms with Gasteiger partial charge in [0.25, 0.3) is 0 Å². The SMILES string of the molecule is [Cl][Zr]([Cl])=[C](c1ccccc1)c1ccccc1.c1ccc(-c2cc3ccccc3[cH-]2)cc1.c1ccc2c(c1)[cH-]c1ccccc12. The maximum atomic E-state index is 6.24. The number of rotatable bonds is 3. The molecule has 3 heteroatoms. The van der Waals surface area contributed by atoms with Crippen molar-refractivity contribution in [1.29, 1.82) is 0 Å². The smallest absolute Gasteiger partial charge is 0.0635 e. The second-order valence-corrected chi connectivity index (χ2v) is 18.6. The molecule has 0 radical (unpaired) electrons. The van der Waals surface area contributed by atoms with Crippen LogP contribution in [-0.2, 0) is 18.9 Å². The Balaban J connectivity index is 0.000000117. The van der Waals surface area contributed by atoms with E-state index in [1.54, 1.807) is 0 Å². The van der Waals surface area contributed by atoms with Crippen molar-refractivity contribution < 1.29 is 18.9 Å². The third-order valence-electron chi connectivity index (χ3n) is 7.56. The molecule has 0 aliphatic rings. The summed E-state index contributed by atoms with van der Waals surface area (Å²) in [6, 6.07) is 63.0. The summed E-state index contributed by atoms with van der Waals surface area (Å²) >= 11 is -2.44. The fourth-order valence-corrected chi connectivity index (χ4v) is 9.92. The van der Waals surface area contributed by atoms with Gasteiger partial charge in [0.05, 0.1) is 0 Å². The molecule has 0 heterocycles. The van der Waals surface area contributed by atoms with E-state index < -0.39 is 18.9 Å². The van der Waals surface area contributed by atoms with Crippen LogP contribution in [0.5, 0.6) is 0 Å². The molecular weight excluding hydrogens is 655 g/mol. The van der Waals surface area contributed by atoms with E-state index in [0.29, 0.717) is 0 Å². The average molecular weight is 685 g/mol. The quantitative estimate of drug-likeness (QED) is 0.163. The Morgan fingerprint density at radius 3 is 1.36 bits per heavy atom. The fraction of sp³-hybridized carbons (Fsp3) is 0. The van der Waals surface area contributed by atoms with Crippen LogP contribution in [0.2, 0.25) is 0 Å². The van der Waals surface area contributed by atoms with E-state index in [2.05, 4.69) is 140 Å². The maximum absolute atomic E-state index is 6.24. The van der Waals surface area contributed by atoms with Gasteiger partial charge in [-0.25, -0.2) is 0 Å². The van der Waals surface area contributed by atoms with Crippen molar-refractivity contribution in [2.75, 3.05) is 0 Å². The first-order valence-electron chi connectivity index (χ1n) is 14.6. The molecule has 214 valence electrons. The maximum Gasteiger partial charge on any atom is -0.0635 e. The first-order chi connectivity index (χ1) is 21.7. The van der Waals surface area contributed by atoms with Crippen LogP contribution < -0.4 is 0 Å². The Hall–Kier alpha value is -3.87. The van der Waals surface area contributed by atoms with E-state index in [0.717, 1.165) is 14.3 Å². The number of benzene rings is 6. The normalized spacial score (nSPS) is 10.5. The van der Waals surface area contributed by atoms with E-state index in [-0.39, 0.29) is 0 Å². The summed E-state index contributed by atoms with van der Waals surface area (Å²) in [6.07, 6.45) is 0. The summed E-state index contributed by atoms with van der Waals surface area (Å²) in [4.78, 5) is 0. The molecule has 0 N–H and O–H groups in total. The van der Waals surface area contributed by atoms with E-state index >= 15 is 0 Å². The average Bonchev–Trinajstić information content (AvgIpc) is 3.69. The summed E-state index contributed by atoms with van der Waals surface area (Å²) in [6.45, 7) is 0. The van der Waals surface area contributed by atoms with Gasteiger partial charge in [0.2, 0.25) is 0 Å². The molecule has 0 saturated carbocycles. The van der Waals surface area contributed by atoms with Gasteiger partial charge in [-0.3, -0.25) is 0 Å². The van der Waals surface area contributed by atoms with Crippen LogP contribution in [0.25, 0.3) is 43.4 Å². The van der Waals surface area contributed by atoms with Gasteiger partial charge in [-0.05, 0) is 0 Å². The minimum atomic E-state index is -2.44. The zero-order valence-electron chi connectivity index (χ0n) is 24.1. The largest absolute Gasteiger partial charge is 0.145 e. The minimum Gasteiger partial charge on any atom is -0.145 e. The first kappa shape index (κ1) is 30.2. The van der Waals surface area contributed by atoms with Crippen molar-refractivity contribution in [1.82, 2.24) is 0 Å². The van der Waals surface area contributed by atoms with Gasteiger partial charge in [0.15, 0.2) is 0 Å². The Bertz CT molecular complexity index is 1990. The van der Waals surface area contributed by atoms with Gasteiger partial charge in [-0.2, -0.15) is 0 Å². The first-order valence-corrected chi connectivity index (χ1v) is 22.1. The number of hydrogen-bond acceptors (Lipinski definition) is 0. The van der Waals surface area contributed by atoms with E-state index in [9.17, 15) is 0 Å². The van der Waals surface area contributed by atoms with Crippen LogP contribution in [0.1, 0.15) is 11.1 Å². The summed E-state index contributed by atoms with van der Waals surface area (Å²) in [5.41, 5.74) is 4.88. The summed E-state index contributed by atoms with van der Waals surface area (Å²) in [7, 11) is 12.5. The molecule has 0 amide bonds. The van der Waals surface area contributed by atoms with E-state index in [1.807, 2.05) is 42.5 Å². The number of fused-ring (bicyclic) bond motifs is 4. The Morgan fingerprint density at radius 2 is 0.864 bits per heavy atom. The molecule has 8 aromatic rings. The van der Waals surface area contributed by atoms with Crippen LogP contribution >= 0.6 is 17.0 Å². The molecule has 0 unspecified atom stereocenters. The molecule has 0 saturated heterocycles. The van der Waals surface area contributed by atoms with Gasteiger partial charge in [-0.1, -0.05) is 90.5 Å². The standard InChI is InChI=1S/C15H11.C13H9.C13H10.2ClH.Zr/c1-2-6-12(7-3-1)15-10-13-8-4-5-9-14(13)11-15;1-3-7-12-10(5-1)9-11-6-2-4-8-13(11)12;1-3-7-12(8-4-1)11-13-9-5-2-6-10-13;;;/h1-11H;1-9H;1-10H;2*1H;/q2*-1;;;;+2/p-2. The van der Waals surface area contributed by atoms with Gasteiger partial charge in [-0.15, -0.1) is 74.3 Å². The molecule has 0 bridgehead atoms. The third-order valence-corrected chi connectivity index (χ3v) is 12.1. The van der Waals surface area contributed by atoms with Crippen LogP contribution in [0.3, 0.4) is 0 Å². The van der Waals surface area contributed by atoms with Crippen LogP contribution in [0, 0.1) is 0 Å². The Labute approximate surface area is 273 Å². The van der Waals surface area contributed by atoms with Gasteiger partial charge >= 0.3 is 111 Å². The summed E-state index contributed by atoms with van der Waals surface area (Å²) in [5, 5.41) is 8.02. The van der Waals surface area contributed by atoms with Crippen molar-refractivity contribution in [2.24, 2.45) is 0 Å². The molecular formula is C41H30Cl2Zr-2.